The van der Waals surface area contributed by atoms with Crippen LogP contribution in [0.1, 0.15) is 19.7 Å². The minimum absolute atomic E-state index is 0.0578. The van der Waals surface area contributed by atoms with Gasteiger partial charge in [-0.05, 0) is 19.1 Å². The first-order chi connectivity index (χ1) is 10.8. The molecule has 0 bridgehead atoms. The Morgan fingerprint density at radius 2 is 1.91 bits per heavy atom. The number of sulfone groups is 1. The van der Waals surface area contributed by atoms with E-state index in [0.29, 0.717) is 5.89 Å². The van der Waals surface area contributed by atoms with E-state index in [2.05, 4.69) is 10.2 Å². The summed E-state index contributed by atoms with van der Waals surface area (Å²) in [6.45, 7) is 2.96. The van der Waals surface area contributed by atoms with E-state index in [4.69, 9.17) is 4.42 Å². The van der Waals surface area contributed by atoms with Crippen LogP contribution in [0.25, 0.3) is 11.5 Å². The van der Waals surface area contributed by atoms with E-state index in [1.807, 2.05) is 30.3 Å². The molecule has 8 heteroatoms. The van der Waals surface area contributed by atoms with Gasteiger partial charge in [-0.25, -0.2) is 8.42 Å². The van der Waals surface area contributed by atoms with E-state index in [1.54, 1.807) is 0 Å². The summed E-state index contributed by atoms with van der Waals surface area (Å²) in [5.74, 6) is 0.0368. The van der Waals surface area contributed by atoms with Gasteiger partial charge in [0, 0.05) is 18.4 Å². The molecule has 0 N–H and O–H groups in total. The van der Waals surface area contributed by atoms with Gasteiger partial charge < -0.3 is 9.32 Å². The minimum atomic E-state index is -3.43. The second kappa shape index (κ2) is 6.91. The fourth-order valence-electron chi connectivity index (χ4n) is 2.01. The second-order valence-corrected chi connectivity index (χ2v) is 7.77. The molecule has 1 aromatic heterocycles. The first-order valence-electron chi connectivity index (χ1n) is 7.19. The maximum atomic E-state index is 12.2. The zero-order chi connectivity index (χ0) is 17.0. The molecule has 0 aliphatic heterocycles. The SMILES string of the molecule is CCS(=O)(=O)[C@H](C)C(=O)N(C)Cc1nnc(-c2ccccc2)o1. The quantitative estimate of drug-likeness (QED) is 0.793. The van der Waals surface area contributed by atoms with Crippen molar-refractivity contribution in [2.24, 2.45) is 0 Å². The third kappa shape index (κ3) is 3.95. The van der Waals surface area contributed by atoms with Gasteiger partial charge in [-0.2, -0.15) is 0 Å². The fourth-order valence-corrected chi connectivity index (χ4v) is 3.00. The van der Waals surface area contributed by atoms with E-state index >= 15 is 0 Å². The van der Waals surface area contributed by atoms with E-state index in [-0.39, 0.29) is 18.2 Å². The van der Waals surface area contributed by atoms with Crippen LogP contribution >= 0.6 is 0 Å². The fraction of sp³-hybridized carbons (Fsp3) is 0.400. The number of hydrogen-bond acceptors (Lipinski definition) is 6. The van der Waals surface area contributed by atoms with Crippen LogP contribution in [0.4, 0.5) is 0 Å². The number of hydrogen-bond donors (Lipinski definition) is 0. The average molecular weight is 337 g/mol. The summed E-state index contributed by atoms with van der Waals surface area (Å²) in [5.41, 5.74) is 0.780. The maximum Gasteiger partial charge on any atom is 0.247 e. The second-order valence-electron chi connectivity index (χ2n) is 5.16. The highest BCUT2D eigenvalue weighted by Gasteiger charge is 2.29. The molecule has 0 aliphatic rings. The van der Waals surface area contributed by atoms with Crippen LogP contribution in [0.15, 0.2) is 34.7 Å². The predicted octanol–water partition coefficient (Wildman–Crippen LogP) is 1.52. The van der Waals surface area contributed by atoms with E-state index in [1.165, 1.54) is 25.8 Å². The van der Waals surface area contributed by atoms with Crippen LogP contribution < -0.4 is 0 Å². The number of benzene rings is 1. The van der Waals surface area contributed by atoms with Gasteiger partial charge in [0.2, 0.25) is 17.7 Å². The molecule has 1 atom stereocenters. The molecule has 0 unspecified atom stereocenters. The summed E-state index contributed by atoms with van der Waals surface area (Å²) in [4.78, 5) is 13.5. The van der Waals surface area contributed by atoms with Crippen molar-refractivity contribution in [2.75, 3.05) is 12.8 Å². The van der Waals surface area contributed by atoms with Crippen LogP contribution in [0.5, 0.6) is 0 Å². The number of nitrogens with zero attached hydrogens (tertiary/aromatic N) is 3. The summed E-state index contributed by atoms with van der Waals surface area (Å²) in [6, 6.07) is 9.26. The molecular formula is C15H19N3O4S. The Labute approximate surface area is 135 Å². The van der Waals surface area contributed by atoms with Gasteiger partial charge in [0.15, 0.2) is 9.84 Å². The third-order valence-electron chi connectivity index (χ3n) is 3.53. The zero-order valence-corrected chi connectivity index (χ0v) is 14.1. The molecule has 124 valence electrons. The van der Waals surface area contributed by atoms with Crippen LogP contribution in [-0.4, -0.2) is 47.5 Å². The molecule has 7 nitrogen and oxygen atoms in total. The lowest BCUT2D eigenvalue weighted by Crippen LogP contribution is -2.39. The molecule has 0 saturated heterocycles. The summed E-state index contributed by atoms with van der Waals surface area (Å²) >= 11 is 0. The van der Waals surface area contributed by atoms with Crippen molar-refractivity contribution in [3.63, 3.8) is 0 Å². The number of carbonyl (C=O) groups excluding carboxylic acids is 1. The highest BCUT2D eigenvalue weighted by molar-refractivity contribution is 7.92. The predicted molar refractivity (Wildman–Crippen MR) is 85.1 cm³/mol. The molecule has 0 spiro atoms. The largest absolute Gasteiger partial charge is 0.419 e. The van der Waals surface area contributed by atoms with Crippen molar-refractivity contribution in [1.82, 2.24) is 15.1 Å². The van der Waals surface area contributed by atoms with Gasteiger partial charge in [-0.15, -0.1) is 10.2 Å². The molecule has 1 amide bonds. The lowest BCUT2D eigenvalue weighted by Gasteiger charge is -2.19. The standard InChI is InChI=1S/C15H19N3O4S/c1-4-23(20,21)11(2)15(19)18(3)10-13-16-17-14(22-13)12-8-6-5-7-9-12/h5-9,11H,4,10H2,1-3H3/t11-/m1/s1. The summed E-state index contributed by atoms with van der Waals surface area (Å²) in [5, 5.41) is 6.74. The Hall–Kier alpha value is -2.22. The van der Waals surface area contributed by atoms with E-state index < -0.39 is 21.0 Å². The smallest absolute Gasteiger partial charge is 0.247 e. The van der Waals surface area contributed by atoms with Crippen LogP contribution in [0.2, 0.25) is 0 Å². The molecule has 1 aromatic carbocycles. The highest BCUT2D eigenvalue weighted by Crippen LogP contribution is 2.17. The van der Waals surface area contributed by atoms with Crippen molar-refractivity contribution in [3.8, 4) is 11.5 Å². The molecule has 2 aromatic rings. The average Bonchev–Trinajstić information content (AvgIpc) is 3.02. The number of carbonyl (C=O) groups is 1. The molecule has 23 heavy (non-hydrogen) atoms. The molecule has 0 aliphatic carbocycles. The van der Waals surface area contributed by atoms with Crippen molar-refractivity contribution < 1.29 is 17.6 Å². The number of amides is 1. The molecule has 2 rings (SSSR count). The Balaban J connectivity index is 2.08. The maximum absolute atomic E-state index is 12.2. The molecule has 0 saturated carbocycles. The Bertz CT molecular complexity index is 771. The van der Waals surface area contributed by atoms with Gasteiger partial charge in [0.1, 0.15) is 5.25 Å². The van der Waals surface area contributed by atoms with Crippen molar-refractivity contribution in [2.45, 2.75) is 25.6 Å². The van der Waals surface area contributed by atoms with Gasteiger partial charge >= 0.3 is 0 Å². The number of aromatic nitrogens is 2. The Kier molecular flexibility index (Phi) is 5.15. The molecule has 0 radical (unpaired) electrons. The van der Waals surface area contributed by atoms with Crippen molar-refractivity contribution in [3.05, 3.63) is 36.2 Å². The van der Waals surface area contributed by atoms with Crippen molar-refractivity contribution >= 4 is 15.7 Å². The normalized spacial score (nSPS) is 12.8. The molecule has 1 heterocycles. The number of rotatable bonds is 6. The van der Waals surface area contributed by atoms with Crippen LogP contribution in [0, 0.1) is 0 Å². The van der Waals surface area contributed by atoms with Crippen molar-refractivity contribution in [1.29, 1.82) is 0 Å². The van der Waals surface area contributed by atoms with E-state index in [9.17, 15) is 13.2 Å². The van der Waals surface area contributed by atoms with Crippen LogP contribution in [-0.2, 0) is 21.2 Å². The lowest BCUT2D eigenvalue weighted by atomic mass is 10.2. The summed E-state index contributed by atoms with van der Waals surface area (Å²) < 4.78 is 29.1. The van der Waals surface area contributed by atoms with Gasteiger partial charge in [0.05, 0.1) is 6.54 Å². The minimum Gasteiger partial charge on any atom is -0.419 e. The zero-order valence-electron chi connectivity index (χ0n) is 13.3. The topological polar surface area (TPSA) is 93.4 Å². The van der Waals surface area contributed by atoms with Gasteiger partial charge in [-0.1, -0.05) is 25.1 Å². The Morgan fingerprint density at radius 3 is 2.52 bits per heavy atom. The van der Waals surface area contributed by atoms with Gasteiger partial charge in [-0.3, -0.25) is 4.79 Å². The third-order valence-corrected chi connectivity index (χ3v) is 5.61. The van der Waals surface area contributed by atoms with Gasteiger partial charge in [0.25, 0.3) is 0 Å². The summed E-state index contributed by atoms with van der Waals surface area (Å²) in [7, 11) is -1.92. The first-order valence-corrected chi connectivity index (χ1v) is 8.91. The monoisotopic (exact) mass is 337 g/mol. The van der Waals surface area contributed by atoms with E-state index in [0.717, 1.165) is 5.56 Å². The highest BCUT2D eigenvalue weighted by atomic mass is 32.2. The lowest BCUT2D eigenvalue weighted by molar-refractivity contribution is -0.129. The summed E-state index contributed by atoms with van der Waals surface area (Å²) in [6.07, 6.45) is 0. The molecule has 0 fully saturated rings. The van der Waals surface area contributed by atoms with Crippen LogP contribution in [0.3, 0.4) is 0 Å². The first kappa shape index (κ1) is 17.1. The molecular weight excluding hydrogens is 318 g/mol. The Morgan fingerprint density at radius 1 is 1.26 bits per heavy atom.